The summed E-state index contributed by atoms with van der Waals surface area (Å²) in [4.78, 5) is 8.63. The molecule has 128 valence electrons. The van der Waals surface area contributed by atoms with Crippen molar-refractivity contribution >= 4 is 23.1 Å². The van der Waals surface area contributed by atoms with Crippen LogP contribution in [0.1, 0.15) is 25.5 Å². The van der Waals surface area contributed by atoms with E-state index in [2.05, 4.69) is 20.4 Å². The van der Waals surface area contributed by atoms with Gasteiger partial charge in [0, 0.05) is 35.1 Å². The van der Waals surface area contributed by atoms with Crippen molar-refractivity contribution in [1.82, 2.24) is 19.7 Å². The number of hydrogen-bond acceptors (Lipinski definition) is 5. The smallest absolute Gasteiger partial charge is 0.150 e. The minimum atomic E-state index is 0.0241. The third-order valence-electron chi connectivity index (χ3n) is 4.13. The van der Waals surface area contributed by atoms with Crippen LogP contribution in [0.3, 0.4) is 0 Å². The molecule has 1 aromatic carbocycles. The van der Waals surface area contributed by atoms with Gasteiger partial charge in [0.15, 0.2) is 0 Å². The minimum absolute atomic E-state index is 0.0241. The standard InChI is InChI=1S/C18H18ClN5O/c19-14-4-6-15(7-5-14)23-17-9-16(20-12-21-17)13-10-22-24(11-13)18-3-1-2-8-25-18/h4-7,9-12,18H,1-3,8H2,(H,20,21,23). The number of anilines is 2. The number of hydrogen-bond donors (Lipinski definition) is 1. The van der Waals surface area contributed by atoms with E-state index in [1.54, 1.807) is 6.33 Å². The fraction of sp³-hybridized carbons (Fsp3) is 0.278. The molecule has 1 N–H and O–H groups in total. The Morgan fingerprint density at radius 2 is 2.04 bits per heavy atom. The Morgan fingerprint density at radius 3 is 2.84 bits per heavy atom. The number of aromatic nitrogens is 4. The van der Waals surface area contributed by atoms with Crippen LogP contribution in [0.5, 0.6) is 0 Å². The molecule has 1 aliphatic rings. The monoisotopic (exact) mass is 355 g/mol. The highest BCUT2D eigenvalue weighted by atomic mass is 35.5. The van der Waals surface area contributed by atoms with E-state index in [0.717, 1.165) is 36.4 Å². The van der Waals surface area contributed by atoms with Gasteiger partial charge in [-0.25, -0.2) is 14.6 Å². The highest BCUT2D eigenvalue weighted by molar-refractivity contribution is 6.30. The van der Waals surface area contributed by atoms with Crippen molar-refractivity contribution in [3.05, 3.63) is 54.1 Å². The van der Waals surface area contributed by atoms with Crippen LogP contribution < -0.4 is 5.32 Å². The summed E-state index contributed by atoms with van der Waals surface area (Å²) in [5.41, 5.74) is 2.67. The Kier molecular flexibility index (Phi) is 4.63. The van der Waals surface area contributed by atoms with Crippen molar-refractivity contribution in [3.8, 4) is 11.3 Å². The predicted octanol–water partition coefficient (Wildman–Crippen LogP) is 4.44. The summed E-state index contributed by atoms with van der Waals surface area (Å²) in [6.07, 6.45) is 8.64. The molecule has 0 radical (unpaired) electrons. The molecule has 3 heterocycles. The second kappa shape index (κ2) is 7.21. The molecule has 1 atom stereocenters. The Labute approximate surface area is 150 Å². The van der Waals surface area contributed by atoms with E-state index in [1.807, 2.05) is 47.4 Å². The second-order valence-electron chi connectivity index (χ2n) is 5.95. The molecule has 0 saturated carbocycles. The van der Waals surface area contributed by atoms with Gasteiger partial charge in [-0.15, -0.1) is 0 Å². The van der Waals surface area contributed by atoms with E-state index in [9.17, 15) is 0 Å². The molecule has 0 aliphatic carbocycles. The van der Waals surface area contributed by atoms with Gasteiger partial charge < -0.3 is 10.1 Å². The van der Waals surface area contributed by atoms with Gasteiger partial charge in [0.25, 0.3) is 0 Å². The van der Waals surface area contributed by atoms with Gasteiger partial charge in [-0.3, -0.25) is 0 Å². The van der Waals surface area contributed by atoms with Gasteiger partial charge >= 0.3 is 0 Å². The fourth-order valence-electron chi connectivity index (χ4n) is 2.82. The zero-order valence-corrected chi connectivity index (χ0v) is 14.4. The molecule has 4 rings (SSSR count). The third-order valence-corrected chi connectivity index (χ3v) is 4.38. The number of nitrogens with zero attached hydrogens (tertiary/aromatic N) is 4. The average Bonchev–Trinajstić information content (AvgIpc) is 3.15. The molecule has 0 bridgehead atoms. The van der Waals surface area contributed by atoms with Crippen LogP contribution in [-0.4, -0.2) is 26.4 Å². The average molecular weight is 356 g/mol. The van der Waals surface area contributed by atoms with Crippen LogP contribution in [0.2, 0.25) is 5.02 Å². The van der Waals surface area contributed by atoms with Crippen molar-refractivity contribution in [1.29, 1.82) is 0 Å². The third kappa shape index (κ3) is 3.81. The normalized spacial score (nSPS) is 17.4. The maximum absolute atomic E-state index is 5.91. The minimum Gasteiger partial charge on any atom is -0.357 e. The molecular weight excluding hydrogens is 338 g/mol. The van der Waals surface area contributed by atoms with E-state index in [-0.39, 0.29) is 6.23 Å². The SMILES string of the molecule is Clc1ccc(Nc2cc(-c3cnn(C4CCCCO4)c3)ncn2)cc1. The van der Waals surface area contributed by atoms with Crippen molar-refractivity contribution in [2.24, 2.45) is 0 Å². The summed E-state index contributed by atoms with van der Waals surface area (Å²) in [5.74, 6) is 0.717. The molecule has 0 amide bonds. The predicted molar refractivity (Wildman–Crippen MR) is 96.8 cm³/mol. The van der Waals surface area contributed by atoms with Gasteiger partial charge in [-0.1, -0.05) is 11.6 Å². The summed E-state index contributed by atoms with van der Waals surface area (Å²) in [6, 6.07) is 9.38. The number of halogens is 1. The fourth-order valence-corrected chi connectivity index (χ4v) is 2.95. The number of ether oxygens (including phenoxy) is 1. The summed E-state index contributed by atoms with van der Waals surface area (Å²) >= 11 is 5.91. The number of benzene rings is 1. The van der Waals surface area contributed by atoms with Crippen LogP contribution in [-0.2, 0) is 4.74 Å². The molecule has 1 unspecified atom stereocenters. The van der Waals surface area contributed by atoms with Crippen LogP contribution in [0.15, 0.2) is 49.1 Å². The molecule has 25 heavy (non-hydrogen) atoms. The van der Waals surface area contributed by atoms with E-state index >= 15 is 0 Å². The Balaban J connectivity index is 1.53. The molecule has 3 aromatic rings. The van der Waals surface area contributed by atoms with Crippen molar-refractivity contribution in [2.45, 2.75) is 25.5 Å². The molecule has 7 heteroatoms. The van der Waals surface area contributed by atoms with Crippen molar-refractivity contribution in [2.75, 3.05) is 11.9 Å². The lowest BCUT2D eigenvalue weighted by Gasteiger charge is -2.22. The van der Waals surface area contributed by atoms with Gasteiger partial charge in [0.05, 0.1) is 11.9 Å². The maximum atomic E-state index is 5.91. The molecule has 1 saturated heterocycles. The molecular formula is C18H18ClN5O. The summed E-state index contributed by atoms with van der Waals surface area (Å²) in [5, 5.41) is 8.39. The number of rotatable bonds is 4. The first-order valence-electron chi connectivity index (χ1n) is 8.29. The van der Waals surface area contributed by atoms with E-state index < -0.39 is 0 Å². The lowest BCUT2D eigenvalue weighted by atomic mass is 10.2. The molecule has 0 spiro atoms. The zero-order valence-electron chi connectivity index (χ0n) is 13.6. The summed E-state index contributed by atoms with van der Waals surface area (Å²) < 4.78 is 7.65. The second-order valence-corrected chi connectivity index (χ2v) is 6.39. The van der Waals surface area contributed by atoms with E-state index in [0.29, 0.717) is 10.8 Å². The lowest BCUT2D eigenvalue weighted by Crippen LogP contribution is -2.18. The van der Waals surface area contributed by atoms with E-state index in [1.165, 1.54) is 6.42 Å². The Hall–Kier alpha value is -2.44. The zero-order chi connectivity index (χ0) is 17.1. The highest BCUT2D eigenvalue weighted by Gasteiger charge is 2.17. The first-order chi connectivity index (χ1) is 12.3. The molecule has 1 aliphatic heterocycles. The lowest BCUT2D eigenvalue weighted by molar-refractivity contribution is -0.0394. The van der Waals surface area contributed by atoms with Gasteiger partial charge in [0.2, 0.25) is 0 Å². The van der Waals surface area contributed by atoms with E-state index in [4.69, 9.17) is 16.3 Å². The van der Waals surface area contributed by atoms with Crippen LogP contribution in [0.4, 0.5) is 11.5 Å². The molecule has 2 aromatic heterocycles. The largest absolute Gasteiger partial charge is 0.357 e. The van der Waals surface area contributed by atoms with Gasteiger partial charge in [0.1, 0.15) is 18.4 Å². The number of nitrogens with one attached hydrogen (secondary N) is 1. The summed E-state index contributed by atoms with van der Waals surface area (Å²) in [7, 11) is 0. The first kappa shape index (κ1) is 16.1. The first-order valence-corrected chi connectivity index (χ1v) is 8.66. The Morgan fingerprint density at radius 1 is 1.16 bits per heavy atom. The summed E-state index contributed by atoms with van der Waals surface area (Å²) in [6.45, 7) is 0.794. The quantitative estimate of drug-likeness (QED) is 0.749. The topological polar surface area (TPSA) is 64.9 Å². The maximum Gasteiger partial charge on any atom is 0.150 e. The van der Waals surface area contributed by atoms with Crippen LogP contribution in [0, 0.1) is 0 Å². The van der Waals surface area contributed by atoms with Crippen LogP contribution >= 0.6 is 11.6 Å². The molecule has 1 fully saturated rings. The van der Waals surface area contributed by atoms with Crippen molar-refractivity contribution < 1.29 is 4.74 Å². The molecule has 6 nitrogen and oxygen atoms in total. The highest BCUT2D eigenvalue weighted by Crippen LogP contribution is 2.25. The van der Waals surface area contributed by atoms with Gasteiger partial charge in [-0.2, -0.15) is 5.10 Å². The van der Waals surface area contributed by atoms with Crippen LogP contribution in [0.25, 0.3) is 11.3 Å². The van der Waals surface area contributed by atoms with Gasteiger partial charge in [-0.05, 0) is 43.5 Å². The Bertz CT molecular complexity index is 843. The van der Waals surface area contributed by atoms with Crippen molar-refractivity contribution in [3.63, 3.8) is 0 Å².